The quantitative estimate of drug-likeness (QED) is 0.339. The van der Waals surface area contributed by atoms with Gasteiger partial charge in [0.15, 0.2) is 7.85 Å². The molecule has 1 saturated heterocycles. The molecule has 0 radical (unpaired) electrons. The van der Waals surface area contributed by atoms with Gasteiger partial charge in [0.1, 0.15) is 39.2 Å². The Morgan fingerprint density at radius 1 is 0.964 bits per heavy atom. The summed E-state index contributed by atoms with van der Waals surface area (Å²) in [6, 6.07) is 0. The fraction of sp³-hybridized carbons (Fsp3) is 0.917. The van der Waals surface area contributed by atoms with E-state index in [4.69, 9.17) is 0 Å². The predicted octanol–water partition coefficient (Wildman–Crippen LogP) is -3.21. The van der Waals surface area contributed by atoms with E-state index in [9.17, 15) is 31.1 Å². The van der Waals surface area contributed by atoms with Crippen LogP contribution in [0.2, 0.25) is 0 Å². The minimum Gasteiger partial charge on any atom is -0.433 e. The summed E-state index contributed by atoms with van der Waals surface area (Å²) < 4.78 is 83.0. The monoisotopic (exact) mass is 408 g/mol. The molecule has 0 N–H and O–H groups in total. The van der Waals surface area contributed by atoms with E-state index in [1.54, 1.807) is 39.2 Å². The number of ether oxygens (including phenoxy) is 1. The Kier molecular flexibility index (Phi) is 6.19. The van der Waals surface area contributed by atoms with Crippen LogP contribution >= 0.6 is 0 Å². The molecular weight excluding hydrogens is 383 g/mol. The van der Waals surface area contributed by atoms with Gasteiger partial charge in [-0.25, -0.2) is 4.79 Å². The Labute approximate surface area is 166 Å². The van der Waals surface area contributed by atoms with Gasteiger partial charge in [0.2, 0.25) is 0 Å². The zero-order chi connectivity index (χ0) is 22.7. The van der Waals surface area contributed by atoms with Crippen LogP contribution < -0.4 is 0 Å². The van der Waals surface area contributed by atoms with Gasteiger partial charge in [-0.15, -0.1) is 0 Å². The SMILES string of the molecule is BC1CN(C(=O)OC(B)(C(F)(F)F)C(F)(F)F)C(B)(B)C(B)(B)N1C(C)(C)C. The molecule has 4 nitrogen and oxygen atoms in total. The number of amides is 1. The molecule has 1 fully saturated rings. The molecular formula is C12H24B6F6N2O2. The number of hydrogen-bond acceptors (Lipinski definition) is 3. The number of carbonyl (C=O) groups excluding carboxylic acids is 1. The number of hydrogen-bond donors (Lipinski definition) is 0. The van der Waals surface area contributed by atoms with E-state index < -0.39 is 34.6 Å². The van der Waals surface area contributed by atoms with E-state index in [1.165, 1.54) is 0 Å². The number of carbonyl (C=O) groups is 1. The average molecular weight is 407 g/mol. The average Bonchev–Trinajstić information content (AvgIpc) is 2.38. The second kappa shape index (κ2) is 6.87. The molecule has 0 aromatic carbocycles. The van der Waals surface area contributed by atoms with E-state index in [2.05, 4.69) is 9.64 Å². The number of piperazine rings is 1. The Balaban J connectivity index is 3.36. The highest BCUT2D eigenvalue weighted by molar-refractivity contribution is 6.55. The third kappa shape index (κ3) is 3.94. The van der Waals surface area contributed by atoms with Gasteiger partial charge >= 0.3 is 18.4 Å². The molecule has 1 rings (SSSR count). The van der Waals surface area contributed by atoms with E-state index in [0.29, 0.717) is 0 Å². The fourth-order valence-corrected chi connectivity index (χ4v) is 4.06. The largest absolute Gasteiger partial charge is 0.433 e. The van der Waals surface area contributed by atoms with Gasteiger partial charge in [-0.05, 0) is 37.4 Å². The summed E-state index contributed by atoms with van der Waals surface area (Å²) in [5.41, 5.74) is -4.94. The van der Waals surface area contributed by atoms with Crippen molar-refractivity contribution in [2.45, 2.75) is 60.8 Å². The lowest BCUT2D eigenvalue weighted by atomic mass is 9.35. The van der Waals surface area contributed by atoms with Crippen LogP contribution in [0, 0.1) is 0 Å². The lowest BCUT2D eigenvalue weighted by Gasteiger charge is -2.65. The highest BCUT2D eigenvalue weighted by Crippen LogP contribution is 2.45. The first-order valence-corrected chi connectivity index (χ1v) is 8.95. The molecule has 0 bridgehead atoms. The molecule has 1 amide bonds. The summed E-state index contributed by atoms with van der Waals surface area (Å²) in [5.74, 6) is -0.321. The third-order valence-corrected chi connectivity index (χ3v) is 5.98. The number of alkyl halides is 6. The lowest BCUT2D eigenvalue weighted by Crippen LogP contribution is -2.83. The van der Waals surface area contributed by atoms with Crippen LogP contribution in [-0.4, -0.2) is 110 Å². The summed E-state index contributed by atoms with van der Waals surface area (Å²) in [6.07, 6.45) is -13.3. The molecule has 1 heterocycles. The summed E-state index contributed by atoms with van der Waals surface area (Å²) in [5, 5.41) is -1.88. The molecule has 0 saturated carbocycles. The molecule has 154 valence electrons. The Morgan fingerprint density at radius 2 is 1.36 bits per heavy atom. The molecule has 16 heteroatoms. The van der Waals surface area contributed by atoms with E-state index in [1.807, 2.05) is 20.8 Å². The Morgan fingerprint density at radius 3 is 1.68 bits per heavy atom. The summed E-state index contributed by atoms with van der Waals surface area (Å²) in [4.78, 5) is 15.7. The normalized spacial score (nSPS) is 24.0. The number of rotatable bonds is 1. The van der Waals surface area contributed by atoms with Crippen molar-refractivity contribution in [2.24, 2.45) is 0 Å². The molecule has 0 aromatic heterocycles. The second-order valence-corrected chi connectivity index (χ2v) is 9.52. The van der Waals surface area contributed by atoms with Gasteiger partial charge in [0.05, 0.1) is 0 Å². The van der Waals surface area contributed by atoms with Crippen molar-refractivity contribution >= 4 is 53.2 Å². The fourth-order valence-electron chi connectivity index (χ4n) is 4.06. The molecule has 28 heavy (non-hydrogen) atoms. The summed E-state index contributed by atoms with van der Waals surface area (Å²) in [7, 11) is 8.43. The number of halogens is 6. The highest BCUT2D eigenvalue weighted by Gasteiger charge is 2.71. The van der Waals surface area contributed by atoms with Gasteiger partial charge in [0, 0.05) is 12.1 Å². The zero-order valence-corrected chi connectivity index (χ0v) is 17.8. The molecule has 1 unspecified atom stereocenters. The second-order valence-electron chi connectivity index (χ2n) is 9.52. The molecule has 0 aliphatic carbocycles. The summed E-state index contributed by atoms with van der Waals surface area (Å²) >= 11 is 0. The smallest absolute Gasteiger partial charge is 0.428 e. The summed E-state index contributed by atoms with van der Waals surface area (Å²) in [6.45, 7) is 5.80. The van der Waals surface area contributed by atoms with Gasteiger partial charge in [0.25, 0.3) is 5.50 Å². The molecule has 1 aliphatic rings. The Bertz CT molecular complexity index is 607. The standard InChI is InChI=1S/C12H24B6F6N2O2/c1-7(2,3)26-5(13)4-25(9(15,16)10(26,17)18)6(27)28-8(14,11(19,20)21)12(22,23)24/h5H,4,13-18H2,1-3H3. The van der Waals surface area contributed by atoms with Crippen LogP contribution in [0.1, 0.15) is 20.8 Å². The maximum Gasteiger partial charge on any atom is 0.428 e. The van der Waals surface area contributed by atoms with E-state index in [-0.39, 0.29) is 25.9 Å². The highest BCUT2D eigenvalue weighted by atomic mass is 19.4. The predicted molar refractivity (Wildman–Crippen MR) is 110 cm³/mol. The van der Waals surface area contributed by atoms with Crippen molar-refractivity contribution in [1.82, 2.24) is 9.80 Å². The third-order valence-electron chi connectivity index (χ3n) is 5.98. The minimum atomic E-state index is -5.81. The molecule has 0 aromatic rings. The van der Waals surface area contributed by atoms with Crippen molar-refractivity contribution in [1.29, 1.82) is 0 Å². The van der Waals surface area contributed by atoms with Crippen LogP contribution in [-0.2, 0) is 4.74 Å². The van der Waals surface area contributed by atoms with Gasteiger partial charge in [-0.1, -0.05) is 0 Å². The maximum absolute atomic E-state index is 13.1. The van der Waals surface area contributed by atoms with Crippen molar-refractivity contribution in [3.63, 3.8) is 0 Å². The minimum absolute atomic E-state index is 0.0711. The maximum atomic E-state index is 13.1. The Hall–Kier alpha value is -0.800. The van der Waals surface area contributed by atoms with Crippen LogP contribution in [0.15, 0.2) is 0 Å². The van der Waals surface area contributed by atoms with E-state index in [0.717, 1.165) is 4.90 Å². The van der Waals surface area contributed by atoms with Crippen LogP contribution in [0.3, 0.4) is 0 Å². The molecule has 1 atom stereocenters. The van der Waals surface area contributed by atoms with Crippen molar-refractivity contribution < 1.29 is 35.9 Å². The topological polar surface area (TPSA) is 32.8 Å². The lowest BCUT2D eigenvalue weighted by molar-refractivity contribution is -0.331. The first kappa shape index (κ1) is 25.2. The van der Waals surface area contributed by atoms with E-state index >= 15 is 0 Å². The number of nitrogens with zero attached hydrogens (tertiary/aromatic N) is 2. The first-order chi connectivity index (χ1) is 12.0. The van der Waals surface area contributed by atoms with Crippen molar-refractivity contribution in [2.75, 3.05) is 6.54 Å². The van der Waals surface area contributed by atoms with Gasteiger partial charge in [-0.2, -0.15) is 26.3 Å². The van der Waals surface area contributed by atoms with Crippen molar-refractivity contribution in [3.05, 3.63) is 0 Å². The zero-order valence-electron chi connectivity index (χ0n) is 17.8. The van der Waals surface area contributed by atoms with Crippen LogP contribution in [0.4, 0.5) is 31.1 Å². The van der Waals surface area contributed by atoms with Crippen molar-refractivity contribution in [3.8, 4) is 0 Å². The van der Waals surface area contributed by atoms with Crippen LogP contribution in [0.5, 0.6) is 0 Å². The van der Waals surface area contributed by atoms with Gasteiger partial charge < -0.3 is 14.5 Å². The molecule has 0 spiro atoms. The van der Waals surface area contributed by atoms with Crippen LogP contribution in [0.25, 0.3) is 0 Å². The van der Waals surface area contributed by atoms with Gasteiger partial charge in [-0.3, -0.25) is 0 Å². The first-order valence-electron chi connectivity index (χ1n) is 8.95. The molecule has 1 aliphatic heterocycles.